The van der Waals surface area contributed by atoms with Gasteiger partial charge in [-0.25, -0.2) is 0 Å². The van der Waals surface area contributed by atoms with Crippen LogP contribution in [0.15, 0.2) is 40.9 Å². The SMILES string of the molecule is Cc1cc(C)cc(OCc2c(C(=O)Nc3c(C)nn(Cc4ccc(Cl)c(Cl)c4)c3C)noc2C)c1. The number of rotatable bonds is 7. The highest BCUT2D eigenvalue weighted by molar-refractivity contribution is 6.42. The van der Waals surface area contributed by atoms with Crippen LogP contribution in [0.4, 0.5) is 5.69 Å². The van der Waals surface area contributed by atoms with Gasteiger partial charge in [0.1, 0.15) is 18.1 Å². The van der Waals surface area contributed by atoms with Crippen LogP contribution in [0.2, 0.25) is 10.0 Å². The maximum absolute atomic E-state index is 13.2. The molecule has 2 aromatic heterocycles. The zero-order chi connectivity index (χ0) is 25.3. The van der Waals surface area contributed by atoms with Crippen LogP contribution in [0.5, 0.6) is 5.75 Å². The third-order valence-electron chi connectivity index (χ3n) is 5.71. The minimum absolute atomic E-state index is 0.162. The normalized spacial score (nSPS) is 11.1. The Labute approximate surface area is 214 Å². The van der Waals surface area contributed by atoms with Crippen molar-refractivity contribution in [2.24, 2.45) is 0 Å². The van der Waals surface area contributed by atoms with Crippen LogP contribution >= 0.6 is 23.2 Å². The largest absolute Gasteiger partial charge is 0.489 e. The van der Waals surface area contributed by atoms with E-state index in [-0.39, 0.29) is 18.2 Å². The lowest BCUT2D eigenvalue weighted by molar-refractivity contribution is 0.101. The molecule has 0 aliphatic rings. The van der Waals surface area contributed by atoms with Crippen LogP contribution in [0, 0.1) is 34.6 Å². The summed E-state index contributed by atoms with van der Waals surface area (Å²) in [6.07, 6.45) is 0. The van der Waals surface area contributed by atoms with Crippen molar-refractivity contribution >= 4 is 34.8 Å². The van der Waals surface area contributed by atoms with Gasteiger partial charge in [-0.05, 0) is 75.6 Å². The standard InChI is InChI=1S/C26H26Cl2N4O3/c1-14-8-15(2)10-20(9-14)34-13-21-18(5)35-31-25(21)26(33)29-24-16(3)30-32(17(24)4)12-19-6-7-22(27)23(28)11-19/h6-11H,12-13H2,1-5H3,(H,29,33). The molecule has 0 fully saturated rings. The van der Waals surface area contributed by atoms with E-state index in [0.29, 0.717) is 39.3 Å². The number of carbonyl (C=O) groups excluding carboxylic acids is 1. The second-order valence-corrected chi connectivity index (χ2v) is 9.40. The maximum Gasteiger partial charge on any atom is 0.278 e. The number of hydrogen-bond acceptors (Lipinski definition) is 5. The number of aromatic nitrogens is 3. The van der Waals surface area contributed by atoms with Crippen molar-refractivity contribution in [2.75, 3.05) is 5.32 Å². The molecule has 0 spiro atoms. The van der Waals surface area contributed by atoms with Gasteiger partial charge in [-0.15, -0.1) is 0 Å². The van der Waals surface area contributed by atoms with E-state index in [9.17, 15) is 4.79 Å². The molecule has 2 aromatic carbocycles. The first kappa shape index (κ1) is 24.8. The van der Waals surface area contributed by atoms with E-state index in [1.54, 1.807) is 19.1 Å². The molecule has 4 aromatic rings. The van der Waals surface area contributed by atoms with Gasteiger partial charge in [-0.2, -0.15) is 5.10 Å². The monoisotopic (exact) mass is 512 g/mol. The first-order chi connectivity index (χ1) is 16.6. The van der Waals surface area contributed by atoms with Crippen molar-refractivity contribution < 1.29 is 14.1 Å². The van der Waals surface area contributed by atoms with Gasteiger partial charge in [0.15, 0.2) is 5.69 Å². The van der Waals surface area contributed by atoms with Crippen molar-refractivity contribution in [1.29, 1.82) is 0 Å². The highest BCUT2D eigenvalue weighted by Gasteiger charge is 2.23. The van der Waals surface area contributed by atoms with Gasteiger partial charge < -0.3 is 14.6 Å². The van der Waals surface area contributed by atoms with Gasteiger partial charge in [0.2, 0.25) is 0 Å². The Morgan fingerprint density at radius 2 is 1.74 bits per heavy atom. The third kappa shape index (κ3) is 5.52. The molecule has 4 rings (SSSR count). The maximum atomic E-state index is 13.2. The molecule has 0 atom stereocenters. The first-order valence-corrected chi connectivity index (χ1v) is 11.8. The minimum atomic E-state index is -0.388. The van der Waals surface area contributed by atoms with Crippen LogP contribution in [-0.2, 0) is 13.2 Å². The van der Waals surface area contributed by atoms with Crippen LogP contribution in [0.3, 0.4) is 0 Å². The zero-order valence-corrected chi connectivity index (χ0v) is 21.7. The highest BCUT2D eigenvalue weighted by atomic mass is 35.5. The summed E-state index contributed by atoms with van der Waals surface area (Å²) in [6.45, 7) is 10.2. The summed E-state index contributed by atoms with van der Waals surface area (Å²) in [5.41, 5.74) is 6.04. The van der Waals surface area contributed by atoms with Crippen molar-refractivity contribution in [3.8, 4) is 5.75 Å². The number of ether oxygens (including phenoxy) is 1. The molecule has 0 bridgehead atoms. The van der Waals surface area contributed by atoms with Gasteiger partial charge in [0.25, 0.3) is 5.91 Å². The molecular weight excluding hydrogens is 487 g/mol. The van der Waals surface area contributed by atoms with Crippen LogP contribution in [-0.4, -0.2) is 20.8 Å². The molecule has 0 saturated heterocycles. The zero-order valence-electron chi connectivity index (χ0n) is 20.2. The van der Waals surface area contributed by atoms with Crippen molar-refractivity contribution in [3.63, 3.8) is 0 Å². The number of hydrogen-bond donors (Lipinski definition) is 1. The molecule has 1 N–H and O–H groups in total. The van der Waals surface area contributed by atoms with Crippen molar-refractivity contribution in [1.82, 2.24) is 14.9 Å². The number of anilines is 1. The fraction of sp³-hybridized carbons (Fsp3) is 0.269. The van der Waals surface area contributed by atoms with E-state index in [0.717, 1.165) is 28.1 Å². The van der Waals surface area contributed by atoms with E-state index in [2.05, 4.69) is 21.6 Å². The van der Waals surface area contributed by atoms with Crippen LogP contribution in [0.1, 0.15) is 49.9 Å². The summed E-state index contributed by atoms with van der Waals surface area (Å²) in [5.74, 6) is 0.870. The Bertz CT molecular complexity index is 1390. The van der Waals surface area contributed by atoms with Crippen molar-refractivity contribution in [2.45, 2.75) is 47.8 Å². The second-order valence-electron chi connectivity index (χ2n) is 8.58. The van der Waals surface area contributed by atoms with E-state index < -0.39 is 0 Å². The van der Waals surface area contributed by atoms with Crippen LogP contribution < -0.4 is 10.1 Å². The summed E-state index contributed by atoms with van der Waals surface area (Å²) in [7, 11) is 0. The molecule has 0 radical (unpaired) electrons. The lowest BCUT2D eigenvalue weighted by Crippen LogP contribution is -2.16. The number of amides is 1. The van der Waals surface area contributed by atoms with E-state index in [4.69, 9.17) is 32.5 Å². The van der Waals surface area contributed by atoms with E-state index in [1.165, 1.54) is 0 Å². The summed E-state index contributed by atoms with van der Waals surface area (Å²) < 4.78 is 13.1. The number of halogens is 2. The predicted octanol–water partition coefficient (Wildman–Crippen LogP) is 6.60. The minimum Gasteiger partial charge on any atom is -0.489 e. The Hall–Kier alpha value is -3.29. The molecule has 0 saturated carbocycles. The number of benzene rings is 2. The Balaban J connectivity index is 1.52. The second kappa shape index (κ2) is 10.1. The van der Waals surface area contributed by atoms with E-state index >= 15 is 0 Å². The number of aryl methyl sites for hydroxylation is 4. The Kier molecular flexibility index (Phi) is 7.19. The molecule has 35 heavy (non-hydrogen) atoms. The van der Waals surface area contributed by atoms with Gasteiger partial charge in [-0.3, -0.25) is 9.48 Å². The van der Waals surface area contributed by atoms with Gasteiger partial charge in [0.05, 0.1) is 39.2 Å². The van der Waals surface area contributed by atoms with Gasteiger partial charge >= 0.3 is 0 Å². The molecule has 0 aliphatic heterocycles. The number of nitrogens with one attached hydrogen (secondary N) is 1. The van der Waals surface area contributed by atoms with Gasteiger partial charge in [0, 0.05) is 0 Å². The third-order valence-corrected chi connectivity index (χ3v) is 6.45. The summed E-state index contributed by atoms with van der Waals surface area (Å²) in [4.78, 5) is 13.2. The topological polar surface area (TPSA) is 82.2 Å². The summed E-state index contributed by atoms with van der Waals surface area (Å²) >= 11 is 12.2. The molecule has 0 unspecified atom stereocenters. The number of nitrogens with zero attached hydrogens (tertiary/aromatic N) is 3. The van der Waals surface area contributed by atoms with Crippen LogP contribution in [0.25, 0.3) is 0 Å². The fourth-order valence-corrected chi connectivity index (χ4v) is 4.25. The Morgan fingerprint density at radius 1 is 1.03 bits per heavy atom. The molecule has 7 nitrogen and oxygen atoms in total. The molecule has 182 valence electrons. The molecule has 2 heterocycles. The quantitative estimate of drug-likeness (QED) is 0.301. The molecule has 9 heteroatoms. The number of carbonyl (C=O) groups is 1. The average Bonchev–Trinajstić information content (AvgIpc) is 3.28. The molecule has 0 aliphatic carbocycles. The predicted molar refractivity (Wildman–Crippen MR) is 137 cm³/mol. The summed E-state index contributed by atoms with van der Waals surface area (Å²) in [6, 6.07) is 11.4. The van der Waals surface area contributed by atoms with E-state index in [1.807, 2.05) is 50.6 Å². The van der Waals surface area contributed by atoms with Crippen molar-refractivity contribution in [3.05, 3.63) is 91.5 Å². The first-order valence-electron chi connectivity index (χ1n) is 11.1. The molecule has 1 amide bonds. The lowest BCUT2D eigenvalue weighted by Gasteiger charge is -2.10. The molecular formula is C26H26Cl2N4O3. The fourth-order valence-electron chi connectivity index (χ4n) is 3.93. The smallest absolute Gasteiger partial charge is 0.278 e. The lowest BCUT2D eigenvalue weighted by atomic mass is 10.1. The highest BCUT2D eigenvalue weighted by Crippen LogP contribution is 2.26. The Morgan fingerprint density at radius 3 is 2.43 bits per heavy atom. The van der Waals surface area contributed by atoms with Gasteiger partial charge in [-0.1, -0.05) is 40.5 Å². The summed E-state index contributed by atoms with van der Waals surface area (Å²) in [5, 5.41) is 12.5. The average molecular weight is 513 g/mol.